The third-order valence-corrected chi connectivity index (χ3v) is 3.42. The smallest absolute Gasteiger partial charge is 0.329 e. The summed E-state index contributed by atoms with van der Waals surface area (Å²) in [6.07, 6.45) is 0. The maximum atomic E-state index is 11.3. The Labute approximate surface area is 132 Å². The minimum Gasteiger partial charge on any atom is -0.496 e. The number of rotatable bonds is 4. The van der Waals surface area contributed by atoms with Crippen LogP contribution in [0.25, 0.3) is 0 Å². The second-order valence-corrected chi connectivity index (χ2v) is 5.16. The van der Waals surface area contributed by atoms with Crippen LogP contribution in [0.1, 0.15) is 12.5 Å². The molecule has 0 radical (unpaired) electrons. The average Bonchev–Trinajstić information content (AvgIpc) is 2.99. The average molecular weight is 319 g/mol. The summed E-state index contributed by atoms with van der Waals surface area (Å²) >= 11 is 1.51. The zero-order chi connectivity index (χ0) is 15.9. The maximum absolute atomic E-state index is 11.3. The zero-order valence-electron chi connectivity index (χ0n) is 12.4. The molecule has 0 aliphatic carbocycles. The van der Waals surface area contributed by atoms with Gasteiger partial charge in [0.15, 0.2) is 0 Å². The van der Waals surface area contributed by atoms with E-state index in [1.807, 2.05) is 41.1 Å². The van der Waals surface area contributed by atoms with E-state index in [0.717, 1.165) is 5.56 Å². The highest BCUT2D eigenvalue weighted by atomic mass is 32.1. The van der Waals surface area contributed by atoms with E-state index in [9.17, 15) is 4.79 Å². The Morgan fingerprint density at radius 1 is 1.36 bits per heavy atom. The van der Waals surface area contributed by atoms with E-state index >= 15 is 0 Å². The summed E-state index contributed by atoms with van der Waals surface area (Å²) in [5.74, 6) is 0.306. The lowest BCUT2D eigenvalue weighted by atomic mass is 10.2. The fourth-order valence-electron chi connectivity index (χ4n) is 1.81. The van der Waals surface area contributed by atoms with E-state index in [-0.39, 0.29) is 12.5 Å². The Morgan fingerprint density at radius 2 is 2.14 bits per heavy atom. The van der Waals surface area contributed by atoms with Crippen LogP contribution in [0, 0.1) is 0 Å². The Bertz CT molecular complexity index is 656. The molecular weight excluding hydrogens is 302 g/mol. The second kappa shape index (κ2) is 7.46. The van der Waals surface area contributed by atoms with Crippen LogP contribution in [0.5, 0.6) is 5.75 Å². The van der Waals surface area contributed by atoms with Gasteiger partial charge in [0, 0.05) is 17.9 Å². The lowest BCUT2D eigenvalue weighted by Crippen LogP contribution is -2.38. The van der Waals surface area contributed by atoms with Crippen molar-refractivity contribution in [1.29, 1.82) is 0 Å². The van der Waals surface area contributed by atoms with Crippen molar-refractivity contribution >= 4 is 29.0 Å². The molecule has 2 rings (SSSR count). The number of methoxy groups -OCH3 is 1. The van der Waals surface area contributed by atoms with E-state index in [0.29, 0.717) is 11.4 Å². The quantitative estimate of drug-likeness (QED) is 0.532. The number of carbonyl (C=O) groups is 1. The van der Waals surface area contributed by atoms with E-state index in [4.69, 9.17) is 15.3 Å². The van der Waals surface area contributed by atoms with Gasteiger partial charge in [-0.15, -0.1) is 0 Å². The fourth-order valence-corrected chi connectivity index (χ4v) is 2.38. The van der Waals surface area contributed by atoms with Crippen molar-refractivity contribution < 1.29 is 14.4 Å². The van der Waals surface area contributed by atoms with Crippen LogP contribution < -0.4 is 10.5 Å². The number of aliphatic imine (C=N–C) groups is 1. The highest BCUT2D eigenvalue weighted by molar-refractivity contribution is 7.08. The monoisotopic (exact) mass is 319 g/mol. The standard InChI is InChI=1S/C15H17N3O3S/c1-11(19)21-18(15(16)17-13-7-8-22-10-13)9-12-5-3-4-6-14(12)20-2/h3-8,10H,9H2,1-2H3,(H2,16,17). The van der Waals surface area contributed by atoms with Gasteiger partial charge in [-0.05, 0) is 17.5 Å². The number of nitrogens with two attached hydrogens (primary N) is 1. The molecule has 0 spiro atoms. The largest absolute Gasteiger partial charge is 0.496 e. The van der Waals surface area contributed by atoms with Crippen molar-refractivity contribution in [3.8, 4) is 5.75 Å². The number of carbonyl (C=O) groups excluding carboxylic acids is 1. The molecule has 0 bridgehead atoms. The molecule has 0 aliphatic rings. The van der Waals surface area contributed by atoms with Gasteiger partial charge in [0.25, 0.3) is 0 Å². The first kappa shape index (κ1) is 15.8. The van der Waals surface area contributed by atoms with Crippen molar-refractivity contribution in [1.82, 2.24) is 5.06 Å². The maximum Gasteiger partial charge on any atom is 0.329 e. The summed E-state index contributed by atoms with van der Waals surface area (Å²) in [5.41, 5.74) is 7.50. The number of para-hydroxylation sites is 1. The lowest BCUT2D eigenvalue weighted by Gasteiger charge is -2.22. The molecule has 0 fully saturated rings. The predicted molar refractivity (Wildman–Crippen MR) is 85.9 cm³/mol. The van der Waals surface area contributed by atoms with E-state index in [2.05, 4.69) is 4.99 Å². The number of ether oxygens (including phenoxy) is 1. The number of thiophene rings is 1. The highest BCUT2D eigenvalue weighted by Crippen LogP contribution is 2.21. The normalized spacial score (nSPS) is 11.1. The van der Waals surface area contributed by atoms with Gasteiger partial charge >= 0.3 is 5.97 Å². The first-order valence-corrected chi connectivity index (χ1v) is 7.48. The van der Waals surface area contributed by atoms with E-state index in [1.165, 1.54) is 23.3 Å². The van der Waals surface area contributed by atoms with Crippen LogP contribution in [0.2, 0.25) is 0 Å². The van der Waals surface area contributed by atoms with Gasteiger partial charge < -0.3 is 15.3 Å². The number of benzene rings is 1. The van der Waals surface area contributed by atoms with Crippen molar-refractivity contribution in [2.75, 3.05) is 7.11 Å². The van der Waals surface area contributed by atoms with Crippen molar-refractivity contribution in [2.45, 2.75) is 13.5 Å². The van der Waals surface area contributed by atoms with Gasteiger partial charge in [0.2, 0.25) is 5.96 Å². The summed E-state index contributed by atoms with van der Waals surface area (Å²) in [7, 11) is 1.58. The second-order valence-electron chi connectivity index (χ2n) is 4.38. The Balaban J connectivity index is 2.24. The third kappa shape index (κ3) is 4.23. The molecule has 2 aromatic rings. The summed E-state index contributed by atoms with van der Waals surface area (Å²) in [5, 5.41) is 4.99. The van der Waals surface area contributed by atoms with E-state index in [1.54, 1.807) is 7.11 Å². The molecule has 1 aromatic heterocycles. The van der Waals surface area contributed by atoms with Crippen LogP contribution in [0.4, 0.5) is 5.69 Å². The van der Waals surface area contributed by atoms with Crippen LogP contribution >= 0.6 is 11.3 Å². The molecule has 2 N–H and O–H groups in total. The molecule has 0 saturated carbocycles. The first-order chi connectivity index (χ1) is 10.6. The minimum atomic E-state index is -0.474. The number of hydroxylamine groups is 2. The molecule has 0 amide bonds. The number of hydrogen-bond donors (Lipinski definition) is 1. The van der Waals surface area contributed by atoms with E-state index < -0.39 is 5.97 Å². The topological polar surface area (TPSA) is 77.2 Å². The number of hydrogen-bond acceptors (Lipinski definition) is 5. The Hall–Kier alpha value is -2.54. The zero-order valence-corrected chi connectivity index (χ0v) is 13.2. The van der Waals surface area contributed by atoms with Gasteiger partial charge in [-0.2, -0.15) is 16.4 Å². The SMILES string of the molecule is COc1ccccc1CN(OC(C)=O)C(N)=Nc1ccsc1. The van der Waals surface area contributed by atoms with Gasteiger partial charge in [0.05, 0.1) is 19.3 Å². The minimum absolute atomic E-state index is 0.0968. The van der Waals surface area contributed by atoms with Crippen molar-refractivity contribution in [3.63, 3.8) is 0 Å². The van der Waals surface area contributed by atoms with Gasteiger partial charge in [-0.3, -0.25) is 4.79 Å². The summed E-state index contributed by atoms with van der Waals surface area (Å²) < 4.78 is 5.29. The molecule has 0 saturated heterocycles. The Kier molecular flexibility index (Phi) is 5.37. The van der Waals surface area contributed by atoms with Crippen LogP contribution in [0.3, 0.4) is 0 Å². The number of guanidine groups is 1. The predicted octanol–water partition coefficient (Wildman–Crippen LogP) is 2.68. The molecule has 116 valence electrons. The van der Waals surface area contributed by atoms with Crippen molar-refractivity contribution in [3.05, 3.63) is 46.7 Å². The summed E-state index contributed by atoms with van der Waals surface area (Å²) in [6, 6.07) is 9.25. The molecule has 1 heterocycles. The molecular formula is C15H17N3O3S. The molecule has 0 atom stereocenters. The highest BCUT2D eigenvalue weighted by Gasteiger charge is 2.15. The van der Waals surface area contributed by atoms with Gasteiger partial charge in [-0.25, -0.2) is 4.99 Å². The molecule has 0 aliphatic heterocycles. The van der Waals surface area contributed by atoms with Gasteiger partial charge in [-0.1, -0.05) is 18.2 Å². The van der Waals surface area contributed by atoms with Crippen LogP contribution in [-0.2, 0) is 16.2 Å². The fraction of sp³-hybridized carbons (Fsp3) is 0.200. The summed E-state index contributed by atoms with van der Waals surface area (Å²) in [4.78, 5) is 20.7. The van der Waals surface area contributed by atoms with Crippen LogP contribution in [-0.4, -0.2) is 24.1 Å². The molecule has 6 nitrogen and oxygen atoms in total. The first-order valence-electron chi connectivity index (χ1n) is 6.54. The molecule has 0 unspecified atom stereocenters. The summed E-state index contributed by atoms with van der Waals surface area (Å²) in [6.45, 7) is 1.55. The molecule has 22 heavy (non-hydrogen) atoms. The van der Waals surface area contributed by atoms with Crippen molar-refractivity contribution in [2.24, 2.45) is 10.7 Å². The van der Waals surface area contributed by atoms with Gasteiger partial charge in [0.1, 0.15) is 5.75 Å². The lowest BCUT2D eigenvalue weighted by molar-refractivity contribution is -0.172. The van der Waals surface area contributed by atoms with Crippen LogP contribution in [0.15, 0.2) is 46.1 Å². The molecule has 1 aromatic carbocycles. The third-order valence-electron chi connectivity index (χ3n) is 2.75. The Morgan fingerprint density at radius 3 is 2.77 bits per heavy atom. The number of nitrogens with zero attached hydrogens (tertiary/aromatic N) is 2. The molecule has 7 heteroatoms.